The first kappa shape index (κ1) is 31.2. The Morgan fingerprint density at radius 1 is 1.14 bits per heavy atom. The second kappa shape index (κ2) is 16.0. The molecule has 7 heteroatoms. The monoisotopic (exact) mass is 496 g/mol. The van der Waals surface area contributed by atoms with Crippen LogP contribution >= 0.6 is 0 Å². The molecule has 2 fully saturated rings. The van der Waals surface area contributed by atoms with Crippen molar-refractivity contribution in [3.63, 3.8) is 0 Å². The lowest BCUT2D eigenvalue weighted by molar-refractivity contribution is -0.132. The Labute approximate surface area is 211 Å². The third-order valence-corrected chi connectivity index (χ3v) is 8.13. The predicted octanol–water partition coefficient (Wildman–Crippen LogP) is 6.00. The van der Waals surface area contributed by atoms with Crippen molar-refractivity contribution in [2.45, 2.75) is 122 Å². The fourth-order valence-corrected chi connectivity index (χ4v) is 5.69. The molecule has 0 spiro atoms. The van der Waals surface area contributed by atoms with Crippen LogP contribution in [0.3, 0.4) is 0 Å². The van der Waals surface area contributed by atoms with Gasteiger partial charge in [0.2, 0.25) is 0 Å². The first-order valence-electron chi connectivity index (χ1n) is 13.4. The number of aliphatic carboxylic acids is 1. The van der Waals surface area contributed by atoms with E-state index in [0.29, 0.717) is 32.1 Å². The number of carbonyl (C=O) groups excluding carboxylic acids is 1. The van der Waals surface area contributed by atoms with Gasteiger partial charge in [0.1, 0.15) is 11.5 Å². The van der Waals surface area contributed by atoms with Gasteiger partial charge in [0.05, 0.1) is 24.0 Å². The summed E-state index contributed by atoms with van der Waals surface area (Å²) < 4.78 is 0. The SMILES string of the molecule is C=CO.CCCCCCC1(C(O)CC[C@H]2[C@H](O)CC(=O)[C@@H]2CCCCC(O)=C(C)C(=O)O)CCC1. The molecule has 202 valence electrons. The minimum atomic E-state index is -1.12. The van der Waals surface area contributed by atoms with E-state index >= 15 is 0 Å². The maximum absolute atomic E-state index is 12.5. The van der Waals surface area contributed by atoms with Crippen LogP contribution < -0.4 is 0 Å². The van der Waals surface area contributed by atoms with Crippen LogP contribution in [0.2, 0.25) is 0 Å². The molecule has 2 aliphatic rings. The number of aliphatic hydroxyl groups is 4. The average Bonchev–Trinajstić information content (AvgIpc) is 3.05. The second-order valence-electron chi connectivity index (χ2n) is 10.4. The first-order chi connectivity index (χ1) is 16.6. The molecule has 0 aliphatic heterocycles. The zero-order valence-corrected chi connectivity index (χ0v) is 21.8. The molecular weight excluding hydrogens is 448 g/mol. The lowest BCUT2D eigenvalue weighted by Crippen LogP contribution is -2.42. The zero-order chi connectivity index (χ0) is 26.4. The smallest absolute Gasteiger partial charge is 0.334 e. The highest BCUT2D eigenvalue weighted by molar-refractivity contribution is 5.86. The van der Waals surface area contributed by atoms with E-state index in [1.807, 2.05) is 0 Å². The van der Waals surface area contributed by atoms with Gasteiger partial charge in [0.15, 0.2) is 0 Å². The fourth-order valence-electron chi connectivity index (χ4n) is 5.69. The number of unbranched alkanes of at least 4 members (excludes halogenated alkanes) is 4. The molecule has 2 aliphatic carbocycles. The number of Topliss-reactive ketones (excluding diaryl/α,β-unsaturated/α-hetero) is 1. The molecule has 35 heavy (non-hydrogen) atoms. The predicted molar refractivity (Wildman–Crippen MR) is 137 cm³/mol. The third-order valence-electron chi connectivity index (χ3n) is 8.13. The van der Waals surface area contributed by atoms with Gasteiger partial charge in [0.25, 0.3) is 0 Å². The molecule has 0 heterocycles. The van der Waals surface area contributed by atoms with Crippen LogP contribution in [0.5, 0.6) is 0 Å². The van der Waals surface area contributed by atoms with Gasteiger partial charge in [-0.05, 0) is 63.2 Å². The molecule has 1 unspecified atom stereocenters. The highest BCUT2D eigenvalue weighted by atomic mass is 16.4. The Morgan fingerprint density at radius 2 is 1.80 bits per heavy atom. The summed E-state index contributed by atoms with van der Waals surface area (Å²) in [5.41, 5.74) is 0.00621. The summed E-state index contributed by atoms with van der Waals surface area (Å²) in [7, 11) is 0. The van der Waals surface area contributed by atoms with Crippen molar-refractivity contribution in [3.05, 3.63) is 24.2 Å². The lowest BCUT2D eigenvalue weighted by Gasteiger charge is -2.46. The number of carboxylic acid groups (broad SMARTS) is 1. The third kappa shape index (κ3) is 9.60. The van der Waals surface area contributed by atoms with Crippen LogP contribution in [-0.4, -0.2) is 49.5 Å². The molecule has 4 atom stereocenters. The van der Waals surface area contributed by atoms with E-state index in [0.717, 1.165) is 25.5 Å². The van der Waals surface area contributed by atoms with Crippen molar-refractivity contribution < 1.29 is 35.1 Å². The molecule has 0 aromatic heterocycles. The van der Waals surface area contributed by atoms with Crippen molar-refractivity contribution in [1.29, 1.82) is 0 Å². The van der Waals surface area contributed by atoms with E-state index in [1.54, 1.807) is 0 Å². The van der Waals surface area contributed by atoms with Gasteiger partial charge < -0.3 is 25.5 Å². The highest BCUT2D eigenvalue weighted by Gasteiger charge is 2.45. The standard InChI is InChI=1S/C26H44O6.C2H4O/c1-3-4-5-8-14-26(15-9-16-26)24(30)13-12-20-19(22(28)17-23(20)29)10-6-7-11-21(27)18(2)25(31)32;1-2-3/h19-20,23-24,27,29-30H,3-17H2,1-2H3,(H,31,32);2-3H,1H2/t19-,20-,23-,24?;/m1./s1. The Morgan fingerprint density at radius 3 is 2.34 bits per heavy atom. The van der Waals surface area contributed by atoms with Gasteiger partial charge in [-0.2, -0.15) is 0 Å². The number of aliphatic hydroxyl groups excluding tert-OH is 4. The van der Waals surface area contributed by atoms with E-state index in [9.17, 15) is 24.9 Å². The molecule has 0 bridgehead atoms. The van der Waals surface area contributed by atoms with Crippen molar-refractivity contribution in [3.8, 4) is 0 Å². The average molecular weight is 497 g/mol. The fraction of sp³-hybridized carbons (Fsp3) is 0.786. The summed E-state index contributed by atoms with van der Waals surface area (Å²) >= 11 is 0. The van der Waals surface area contributed by atoms with Gasteiger partial charge >= 0.3 is 5.97 Å². The van der Waals surface area contributed by atoms with Crippen molar-refractivity contribution in [1.82, 2.24) is 0 Å². The summed E-state index contributed by atoms with van der Waals surface area (Å²) in [6.45, 7) is 6.50. The molecule has 0 aromatic rings. The van der Waals surface area contributed by atoms with Gasteiger partial charge in [-0.25, -0.2) is 4.79 Å². The molecule has 7 nitrogen and oxygen atoms in total. The van der Waals surface area contributed by atoms with Crippen LogP contribution in [0.15, 0.2) is 24.2 Å². The molecular formula is C28H48O7. The van der Waals surface area contributed by atoms with E-state index < -0.39 is 12.1 Å². The number of carbonyl (C=O) groups is 2. The maximum atomic E-state index is 12.5. The molecule has 2 saturated carbocycles. The molecule has 2 rings (SSSR count). The summed E-state index contributed by atoms with van der Waals surface area (Å²) in [5.74, 6) is -1.45. The highest BCUT2D eigenvalue weighted by Crippen LogP contribution is 2.50. The Bertz CT molecular complexity index is 695. The largest absolute Gasteiger partial charge is 0.516 e. The topological polar surface area (TPSA) is 135 Å². The van der Waals surface area contributed by atoms with Gasteiger partial charge in [-0.3, -0.25) is 4.79 Å². The second-order valence-corrected chi connectivity index (χ2v) is 10.4. The summed E-state index contributed by atoms with van der Waals surface area (Å²) in [6.07, 6.45) is 12.7. The van der Waals surface area contributed by atoms with Crippen LogP contribution in [0.1, 0.15) is 110 Å². The molecule has 5 N–H and O–H groups in total. The van der Waals surface area contributed by atoms with Crippen LogP contribution in [0, 0.1) is 17.3 Å². The molecule has 0 aromatic carbocycles. The minimum Gasteiger partial charge on any atom is -0.516 e. The van der Waals surface area contributed by atoms with Gasteiger partial charge in [-0.1, -0.05) is 52.0 Å². The van der Waals surface area contributed by atoms with Crippen molar-refractivity contribution in [2.24, 2.45) is 17.3 Å². The zero-order valence-electron chi connectivity index (χ0n) is 21.8. The first-order valence-corrected chi connectivity index (χ1v) is 13.4. The van der Waals surface area contributed by atoms with Crippen molar-refractivity contribution >= 4 is 11.8 Å². The van der Waals surface area contributed by atoms with E-state index in [1.165, 1.54) is 39.0 Å². The van der Waals surface area contributed by atoms with Crippen LogP contribution in [-0.2, 0) is 9.59 Å². The number of carboxylic acids is 1. The molecule has 0 radical (unpaired) electrons. The van der Waals surface area contributed by atoms with E-state index in [2.05, 4.69) is 13.5 Å². The Kier molecular flexibility index (Phi) is 14.2. The lowest BCUT2D eigenvalue weighted by atomic mass is 9.61. The Hall–Kier alpha value is -1.86. The number of ketones is 1. The maximum Gasteiger partial charge on any atom is 0.334 e. The van der Waals surface area contributed by atoms with Gasteiger partial charge in [0, 0.05) is 18.8 Å². The molecule has 0 amide bonds. The minimum absolute atomic E-state index is 0.0381. The van der Waals surface area contributed by atoms with Crippen molar-refractivity contribution in [2.75, 3.05) is 0 Å². The number of rotatable bonds is 15. The van der Waals surface area contributed by atoms with E-state index in [4.69, 9.17) is 10.2 Å². The normalized spacial score (nSPS) is 24.6. The van der Waals surface area contributed by atoms with Gasteiger partial charge in [-0.15, -0.1) is 0 Å². The van der Waals surface area contributed by atoms with E-state index in [-0.39, 0.29) is 53.3 Å². The molecule has 0 saturated heterocycles. The summed E-state index contributed by atoms with van der Waals surface area (Å²) in [5, 5.41) is 47.6. The number of hydrogen-bond donors (Lipinski definition) is 5. The quantitative estimate of drug-likeness (QED) is 0.107. The summed E-state index contributed by atoms with van der Waals surface area (Å²) in [6, 6.07) is 0. The van der Waals surface area contributed by atoms with Crippen LogP contribution in [0.25, 0.3) is 0 Å². The number of allylic oxidation sites excluding steroid dienone is 1. The Balaban J connectivity index is 0.00000194. The van der Waals surface area contributed by atoms with Crippen LogP contribution in [0.4, 0.5) is 0 Å². The summed E-state index contributed by atoms with van der Waals surface area (Å²) in [4.78, 5) is 23.4. The number of hydrogen-bond acceptors (Lipinski definition) is 6.